The second-order valence-corrected chi connectivity index (χ2v) is 5.18. The van der Waals surface area contributed by atoms with Crippen LogP contribution < -0.4 is 5.32 Å². The van der Waals surface area contributed by atoms with Gasteiger partial charge in [0.2, 0.25) is 0 Å². The van der Waals surface area contributed by atoms with Crippen molar-refractivity contribution in [3.05, 3.63) is 56.7 Å². The number of hydrogen-bond acceptors (Lipinski definition) is 6. The van der Waals surface area contributed by atoms with Gasteiger partial charge in [0.15, 0.2) is 0 Å². The van der Waals surface area contributed by atoms with Crippen LogP contribution in [-0.4, -0.2) is 18.0 Å². The number of anilines is 1. The van der Waals surface area contributed by atoms with Crippen molar-refractivity contribution in [2.45, 2.75) is 6.54 Å². The van der Waals surface area contributed by atoms with E-state index in [0.717, 1.165) is 22.3 Å². The Hall–Kier alpha value is -2.48. The number of rotatable bonds is 5. The maximum absolute atomic E-state index is 13.5. The molecule has 21 heavy (non-hydrogen) atoms. The number of carbonyl (C=O) groups is 1. The molecule has 1 aromatic heterocycles. The Morgan fingerprint density at radius 3 is 2.81 bits per heavy atom. The Kier molecular flexibility index (Phi) is 4.49. The normalized spacial score (nSPS) is 10.2. The van der Waals surface area contributed by atoms with Gasteiger partial charge in [-0.15, -0.1) is 0 Å². The summed E-state index contributed by atoms with van der Waals surface area (Å²) in [7, 11) is 1.17. The van der Waals surface area contributed by atoms with Crippen LogP contribution in [0.5, 0.6) is 0 Å². The van der Waals surface area contributed by atoms with Gasteiger partial charge < -0.3 is 10.1 Å². The van der Waals surface area contributed by atoms with E-state index in [-0.39, 0.29) is 10.6 Å². The van der Waals surface area contributed by atoms with Gasteiger partial charge in [-0.3, -0.25) is 10.1 Å². The van der Waals surface area contributed by atoms with Crippen LogP contribution in [0.1, 0.15) is 15.2 Å². The van der Waals surface area contributed by atoms with E-state index in [1.165, 1.54) is 25.3 Å². The Morgan fingerprint density at radius 1 is 1.43 bits per heavy atom. The SMILES string of the molecule is COC(=O)c1cc(NCc2ccc([N+](=O)[O-])s2)ccc1F. The van der Waals surface area contributed by atoms with Gasteiger partial charge in [0.05, 0.1) is 17.6 Å². The summed E-state index contributed by atoms with van der Waals surface area (Å²) in [4.78, 5) is 22.3. The molecule has 0 bridgehead atoms. The van der Waals surface area contributed by atoms with Crippen molar-refractivity contribution in [1.82, 2.24) is 0 Å². The van der Waals surface area contributed by atoms with Crippen molar-refractivity contribution in [3.8, 4) is 0 Å². The highest BCUT2D eigenvalue weighted by Crippen LogP contribution is 2.25. The smallest absolute Gasteiger partial charge is 0.340 e. The lowest BCUT2D eigenvalue weighted by molar-refractivity contribution is -0.380. The van der Waals surface area contributed by atoms with E-state index in [1.54, 1.807) is 6.07 Å². The molecule has 0 aliphatic rings. The standard InChI is InChI=1S/C13H11FN2O4S/c1-20-13(17)10-6-8(2-4-11(10)14)15-7-9-3-5-12(21-9)16(18)19/h2-6,15H,7H2,1H3. The van der Waals surface area contributed by atoms with Gasteiger partial charge in [-0.2, -0.15) is 0 Å². The molecule has 0 atom stereocenters. The van der Waals surface area contributed by atoms with Crippen molar-refractivity contribution >= 4 is 28.0 Å². The molecule has 1 heterocycles. The van der Waals surface area contributed by atoms with E-state index in [1.807, 2.05) is 0 Å². The molecular weight excluding hydrogens is 299 g/mol. The first-order chi connectivity index (χ1) is 10.0. The zero-order valence-electron chi connectivity index (χ0n) is 11.0. The van der Waals surface area contributed by atoms with E-state index in [9.17, 15) is 19.3 Å². The van der Waals surface area contributed by atoms with E-state index < -0.39 is 16.7 Å². The number of ether oxygens (including phenoxy) is 1. The molecule has 6 nitrogen and oxygen atoms in total. The monoisotopic (exact) mass is 310 g/mol. The Labute approximate surface area is 123 Å². The van der Waals surface area contributed by atoms with Crippen LogP contribution >= 0.6 is 11.3 Å². The third-order valence-corrected chi connectivity index (χ3v) is 3.70. The highest BCUT2D eigenvalue weighted by atomic mass is 32.1. The van der Waals surface area contributed by atoms with Crippen LogP contribution in [-0.2, 0) is 11.3 Å². The lowest BCUT2D eigenvalue weighted by Crippen LogP contribution is -2.06. The Morgan fingerprint density at radius 2 is 2.19 bits per heavy atom. The Balaban J connectivity index is 2.09. The van der Waals surface area contributed by atoms with E-state index in [0.29, 0.717) is 12.2 Å². The number of hydrogen-bond donors (Lipinski definition) is 1. The van der Waals surface area contributed by atoms with Gasteiger partial charge in [-0.1, -0.05) is 11.3 Å². The molecule has 0 amide bonds. The summed E-state index contributed by atoms with van der Waals surface area (Å²) in [5, 5.41) is 13.6. The molecule has 0 aliphatic heterocycles. The fourth-order valence-electron chi connectivity index (χ4n) is 1.65. The first kappa shape index (κ1) is 14.9. The van der Waals surface area contributed by atoms with Gasteiger partial charge in [0, 0.05) is 23.2 Å². The summed E-state index contributed by atoms with van der Waals surface area (Å²) in [6.07, 6.45) is 0. The van der Waals surface area contributed by atoms with Gasteiger partial charge in [0.25, 0.3) is 0 Å². The number of nitrogens with zero attached hydrogens (tertiary/aromatic N) is 1. The van der Waals surface area contributed by atoms with Crippen LogP contribution in [0.15, 0.2) is 30.3 Å². The maximum Gasteiger partial charge on any atom is 0.340 e. The van der Waals surface area contributed by atoms with Crippen molar-refractivity contribution in [1.29, 1.82) is 0 Å². The highest BCUT2D eigenvalue weighted by molar-refractivity contribution is 7.15. The minimum absolute atomic E-state index is 0.0566. The minimum atomic E-state index is -0.761. The number of halogens is 1. The number of thiophene rings is 1. The van der Waals surface area contributed by atoms with Crippen LogP contribution in [0.4, 0.5) is 15.1 Å². The third kappa shape index (κ3) is 3.54. The number of methoxy groups -OCH3 is 1. The van der Waals surface area contributed by atoms with Gasteiger partial charge in [-0.25, -0.2) is 9.18 Å². The molecular formula is C13H11FN2O4S. The van der Waals surface area contributed by atoms with Crippen molar-refractivity contribution in [3.63, 3.8) is 0 Å². The number of esters is 1. The molecule has 0 aliphatic carbocycles. The average molecular weight is 310 g/mol. The highest BCUT2D eigenvalue weighted by Gasteiger charge is 2.13. The maximum atomic E-state index is 13.5. The zero-order chi connectivity index (χ0) is 15.4. The van der Waals surface area contributed by atoms with Crippen LogP contribution in [0.3, 0.4) is 0 Å². The van der Waals surface area contributed by atoms with Gasteiger partial charge in [-0.05, 0) is 24.3 Å². The molecule has 0 radical (unpaired) electrons. The molecule has 0 fully saturated rings. The lowest BCUT2D eigenvalue weighted by Gasteiger charge is -2.07. The second kappa shape index (κ2) is 6.31. The fraction of sp³-hybridized carbons (Fsp3) is 0.154. The van der Waals surface area contributed by atoms with Crippen LogP contribution in [0.2, 0.25) is 0 Å². The third-order valence-electron chi connectivity index (χ3n) is 2.67. The van der Waals surface area contributed by atoms with E-state index >= 15 is 0 Å². The summed E-state index contributed by atoms with van der Waals surface area (Å²) in [6.45, 7) is 0.338. The van der Waals surface area contributed by atoms with Crippen molar-refractivity contribution in [2.24, 2.45) is 0 Å². The minimum Gasteiger partial charge on any atom is -0.465 e. The van der Waals surface area contributed by atoms with Gasteiger partial charge in [0.1, 0.15) is 5.82 Å². The summed E-state index contributed by atoms with van der Waals surface area (Å²) < 4.78 is 17.9. The molecule has 1 aromatic carbocycles. The molecule has 8 heteroatoms. The molecule has 0 saturated carbocycles. The summed E-state index contributed by atoms with van der Waals surface area (Å²) in [5.74, 6) is -1.43. The second-order valence-electron chi connectivity index (χ2n) is 4.04. The molecule has 0 spiro atoms. The Bertz CT molecular complexity index is 687. The molecule has 1 N–H and O–H groups in total. The molecule has 0 unspecified atom stereocenters. The molecule has 0 saturated heterocycles. The zero-order valence-corrected chi connectivity index (χ0v) is 11.8. The van der Waals surface area contributed by atoms with Crippen molar-refractivity contribution in [2.75, 3.05) is 12.4 Å². The quantitative estimate of drug-likeness (QED) is 0.521. The lowest BCUT2D eigenvalue weighted by atomic mass is 10.2. The van der Waals surface area contributed by atoms with Crippen LogP contribution in [0, 0.1) is 15.9 Å². The van der Waals surface area contributed by atoms with E-state index in [4.69, 9.17) is 0 Å². The average Bonchev–Trinajstić information content (AvgIpc) is 2.94. The largest absolute Gasteiger partial charge is 0.465 e. The summed E-state index contributed by atoms with van der Waals surface area (Å²) in [6, 6.07) is 7.03. The molecule has 110 valence electrons. The fourth-order valence-corrected chi connectivity index (χ4v) is 2.41. The molecule has 2 rings (SSSR count). The van der Waals surface area contributed by atoms with Crippen molar-refractivity contribution < 1.29 is 18.8 Å². The number of nitro groups is 1. The number of nitrogens with one attached hydrogen (secondary N) is 1. The number of benzene rings is 1. The first-order valence-electron chi connectivity index (χ1n) is 5.86. The first-order valence-corrected chi connectivity index (χ1v) is 6.67. The topological polar surface area (TPSA) is 81.5 Å². The number of carbonyl (C=O) groups excluding carboxylic acids is 1. The molecule has 2 aromatic rings. The van der Waals surface area contributed by atoms with E-state index in [2.05, 4.69) is 10.1 Å². The van der Waals surface area contributed by atoms with Crippen LogP contribution in [0.25, 0.3) is 0 Å². The predicted octanol–water partition coefficient (Wildman–Crippen LogP) is 3.19. The summed E-state index contributed by atoms with van der Waals surface area (Å²) in [5.41, 5.74) is 0.354. The summed E-state index contributed by atoms with van der Waals surface area (Å²) >= 11 is 1.05. The predicted molar refractivity (Wildman–Crippen MR) is 76.0 cm³/mol. The van der Waals surface area contributed by atoms with Gasteiger partial charge >= 0.3 is 11.0 Å².